The number of hydrogen-bond donors (Lipinski definition) is 2. The van der Waals surface area contributed by atoms with Gasteiger partial charge in [-0.15, -0.1) is 0 Å². The van der Waals surface area contributed by atoms with Gasteiger partial charge in [-0.2, -0.15) is 0 Å². The lowest BCUT2D eigenvalue weighted by Crippen LogP contribution is -2.46. The molecule has 2 rings (SSSR count). The number of hydrogen-bond acceptors (Lipinski definition) is 4. The van der Waals surface area contributed by atoms with E-state index in [1.807, 2.05) is 6.07 Å². The summed E-state index contributed by atoms with van der Waals surface area (Å²) in [6.07, 6.45) is 4.65. The molecule has 1 saturated heterocycles. The normalized spacial score (nSPS) is 18.6. The largest absolute Gasteiger partial charge is 0.381 e. The van der Waals surface area contributed by atoms with Gasteiger partial charge in [0.05, 0.1) is 17.3 Å². The van der Waals surface area contributed by atoms with E-state index in [4.69, 9.17) is 10.5 Å². The Morgan fingerprint density at radius 2 is 2.29 bits per heavy atom. The molecule has 0 saturated carbocycles. The van der Waals surface area contributed by atoms with Gasteiger partial charge in [-0.1, -0.05) is 0 Å². The van der Waals surface area contributed by atoms with Crippen LogP contribution in [-0.2, 0) is 9.53 Å². The minimum atomic E-state index is -0.492. The second-order valence-corrected chi connectivity index (χ2v) is 4.29. The molecule has 92 valence electrons. The minimum absolute atomic E-state index is 0.0312. The molecule has 0 spiro atoms. The number of nitrogens with two attached hydrogens (primary N) is 1. The smallest absolute Gasteiger partial charge is 0.232 e. The zero-order chi connectivity index (χ0) is 12.1. The lowest BCUT2D eigenvalue weighted by Gasteiger charge is -2.34. The highest BCUT2D eigenvalue weighted by Crippen LogP contribution is 2.30. The SMILES string of the molecule is NCC1(C(=O)Nc2cccnc2)CCOCC1. The van der Waals surface area contributed by atoms with Crippen molar-refractivity contribution in [2.24, 2.45) is 11.1 Å². The summed E-state index contributed by atoms with van der Waals surface area (Å²) < 4.78 is 5.28. The molecule has 0 atom stereocenters. The fraction of sp³-hybridized carbons (Fsp3) is 0.500. The molecule has 2 heterocycles. The van der Waals surface area contributed by atoms with Gasteiger partial charge < -0.3 is 15.8 Å². The van der Waals surface area contributed by atoms with Crippen molar-refractivity contribution >= 4 is 11.6 Å². The van der Waals surface area contributed by atoms with Gasteiger partial charge in [0.15, 0.2) is 0 Å². The van der Waals surface area contributed by atoms with Crippen molar-refractivity contribution in [1.29, 1.82) is 0 Å². The molecular formula is C12H17N3O2. The summed E-state index contributed by atoms with van der Waals surface area (Å²) in [5.41, 5.74) is 5.97. The van der Waals surface area contributed by atoms with E-state index in [2.05, 4.69) is 10.3 Å². The molecule has 1 fully saturated rings. The van der Waals surface area contributed by atoms with Crippen LogP contribution in [0.15, 0.2) is 24.5 Å². The van der Waals surface area contributed by atoms with E-state index >= 15 is 0 Å². The summed E-state index contributed by atoms with van der Waals surface area (Å²) in [5, 5.41) is 2.87. The monoisotopic (exact) mass is 235 g/mol. The first kappa shape index (κ1) is 12.0. The summed E-state index contributed by atoms with van der Waals surface area (Å²) in [6.45, 7) is 1.54. The first-order chi connectivity index (χ1) is 8.27. The van der Waals surface area contributed by atoms with Crippen molar-refractivity contribution in [1.82, 2.24) is 4.98 Å². The molecule has 3 N–H and O–H groups in total. The van der Waals surface area contributed by atoms with Crippen molar-refractivity contribution < 1.29 is 9.53 Å². The molecule has 0 unspecified atom stereocenters. The molecule has 0 aliphatic carbocycles. The van der Waals surface area contributed by atoms with Crippen LogP contribution in [0.5, 0.6) is 0 Å². The third-order valence-electron chi connectivity index (χ3n) is 3.24. The predicted octanol–water partition coefficient (Wildman–Crippen LogP) is 0.776. The Labute approximate surface area is 100 Å². The zero-order valence-electron chi connectivity index (χ0n) is 9.69. The number of anilines is 1. The van der Waals surface area contributed by atoms with Crippen molar-refractivity contribution in [2.45, 2.75) is 12.8 Å². The van der Waals surface area contributed by atoms with Crippen molar-refractivity contribution in [3.8, 4) is 0 Å². The van der Waals surface area contributed by atoms with Gasteiger partial charge in [0.1, 0.15) is 0 Å². The molecule has 1 aliphatic rings. The summed E-state index contributed by atoms with van der Waals surface area (Å²) in [6, 6.07) is 3.60. The molecule has 1 aliphatic heterocycles. The molecule has 17 heavy (non-hydrogen) atoms. The number of carbonyl (C=O) groups is 1. The van der Waals surface area contributed by atoms with Gasteiger partial charge in [0, 0.05) is 26.0 Å². The van der Waals surface area contributed by atoms with Crippen LogP contribution in [0, 0.1) is 5.41 Å². The van der Waals surface area contributed by atoms with E-state index in [1.54, 1.807) is 18.5 Å². The van der Waals surface area contributed by atoms with Crippen molar-refractivity contribution in [3.63, 3.8) is 0 Å². The van der Waals surface area contributed by atoms with Gasteiger partial charge >= 0.3 is 0 Å². The maximum atomic E-state index is 12.2. The number of pyridine rings is 1. The third kappa shape index (κ3) is 2.62. The molecule has 1 amide bonds. The lowest BCUT2D eigenvalue weighted by atomic mass is 9.79. The Morgan fingerprint density at radius 3 is 2.88 bits per heavy atom. The molecular weight excluding hydrogens is 218 g/mol. The van der Waals surface area contributed by atoms with Crippen molar-refractivity contribution in [3.05, 3.63) is 24.5 Å². The van der Waals surface area contributed by atoms with E-state index < -0.39 is 5.41 Å². The average molecular weight is 235 g/mol. The average Bonchev–Trinajstić information content (AvgIpc) is 2.40. The molecule has 0 bridgehead atoms. The molecule has 1 aromatic rings. The maximum Gasteiger partial charge on any atom is 0.232 e. The summed E-state index contributed by atoms with van der Waals surface area (Å²) >= 11 is 0. The van der Waals surface area contributed by atoms with Crippen LogP contribution in [0.3, 0.4) is 0 Å². The van der Waals surface area contributed by atoms with Gasteiger partial charge in [-0.3, -0.25) is 9.78 Å². The van der Waals surface area contributed by atoms with Crippen LogP contribution in [0.25, 0.3) is 0 Å². The quantitative estimate of drug-likeness (QED) is 0.811. The van der Waals surface area contributed by atoms with Crippen LogP contribution in [0.4, 0.5) is 5.69 Å². The Morgan fingerprint density at radius 1 is 1.53 bits per heavy atom. The molecule has 5 nitrogen and oxygen atoms in total. The number of rotatable bonds is 3. The Kier molecular flexibility index (Phi) is 3.71. The number of amides is 1. The van der Waals surface area contributed by atoms with Gasteiger partial charge in [0.2, 0.25) is 5.91 Å². The van der Waals surface area contributed by atoms with E-state index in [0.717, 1.165) is 0 Å². The molecule has 0 aromatic carbocycles. The summed E-state index contributed by atoms with van der Waals surface area (Å²) in [7, 11) is 0. The summed E-state index contributed by atoms with van der Waals surface area (Å²) in [5.74, 6) is -0.0312. The molecule has 5 heteroatoms. The number of nitrogens with one attached hydrogen (secondary N) is 1. The third-order valence-corrected chi connectivity index (χ3v) is 3.24. The number of nitrogens with zero attached hydrogens (tertiary/aromatic N) is 1. The highest BCUT2D eigenvalue weighted by molar-refractivity contribution is 5.95. The van der Waals surface area contributed by atoms with E-state index in [-0.39, 0.29) is 5.91 Å². The maximum absolute atomic E-state index is 12.2. The van der Waals surface area contributed by atoms with Crippen LogP contribution in [0.1, 0.15) is 12.8 Å². The van der Waals surface area contributed by atoms with Crippen LogP contribution >= 0.6 is 0 Å². The van der Waals surface area contributed by atoms with Crippen LogP contribution in [0.2, 0.25) is 0 Å². The van der Waals surface area contributed by atoms with Gasteiger partial charge in [0.25, 0.3) is 0 Å². The predicted molar refractivity (Wildman–Crippen MR) is 64.4 cm³/mol. The fourth-order valence-corrected chi connectivity index (χ4v) is 1.99. The van der Waals surface area contributed by atoms with E-state index in [1.165, 1.54) is 0 Å². The van der Waals surface area contributed by atoms with E-state index in [0.29, 0.717) is 38.3 Å². The minimum Gasteiger partial charge on any atom is -0.381 e. The van der Waals surface area contributed by atoms with Crippen molar-refractivity contribution in [2.75, 3.05) is 25.1 Å². The Balaban J connectivity index is 2.07. The Hall–Kier alpha value is -1.46. The van der Waals surface area contributed by atoms with Crippen LogP contribution in [-0.4, -0.2) is 30.6 Å². The number of aromatic nitrogens is 1. The molecule has 0 radical (unpaired) electrons. The standard InChI is InChI=1S/C12H17N3O2/c13-9-12(3-6-17-7-4-12)11(16)15-10-2-1-5-14-8-10/h1-2,5,8H,3-4,6-7,9,13H2,(H,15,16). The topological polar surface area (TPSA) is 77.2 Å². The number of ether oxygens (including phenoxy) is 1. The fourth-order valence-electron chi connectivity index (χ4n) is 1.99. The van der Waals surface area contributed by atoms with Gasteiger partial charge in [-0.25, -0.2) is 0 Å². The summed E-state index contributed by atoms with van der Waals surface area (Å²) in [4.78, 5) is 16.2. The zero-order valence-corrected chi connectivity index (χ0v) is 9.69. The highest BCUT2D eigenvalue weighted by Gasteiger charge is 2.38. The first-order valence-electron chi connectivity index (χ1n) is 5.76. The highest BCUT2D eigenvalue weighted by atomic mass is 16.5. The number of carbonyl (C=O) groups excluding carboxylic acids is 1. The Bertz CT molecular complexity index is 375. The first-order valence-corrected chi connectivity index (χ1v) is 5.76. The second-order valence-electron chi connectivity index (χ2n) is 4.29. The molecule has 1 aromatic heterocycles. The van der Waals surface area contributed by atoms with Crippen LogP contribution < -0.4 is 11.1 Å². The van der Waals surface area contributed by atoms with E-state index in [9.17, 15) is 4.79 Å². The van der Waals surface area contributed by atoms with Gasteiger partial charge in [-0.05, 0) is 25.0 Å². The lowest BCUT2D eigenvalue weighted by molar-refractivity contribution is -0.130. The second kappa shape index (κ2) is 5.25.